The topological polar surface area (TPSA) is 21.3 Å². The van der Waals surface area contributed by atoms with Gasteiger partial charge in [-0.25, -0.2) is 0 Å². The maximum atomic E-state index is 5.42. The van der Waals surface area contributed by atoms with Gasteiger partial charge in [-0.05, 0) is 31.6 Å². The molecule has 0 amide bonds. The van der Waals surface area contributed by atoms with Gasteiger partial charge in [-0.2, -0.15) is 0 Å². The predicted molar refractivity (Wildman–Crippen MR) is 58.3 cm³/mol. The Morgan fingerprint density at radius 2 is 2.36 bits per heavy atom. The van der Waals surface area contributed by atoms with E-state index in [1.165, 1.54) is 25.7 Å². The van der Waals surface area contributed by atoms with E-state index in [0.717, 1.165) is 19.8 Å². The van der Waals surface area contributed by atoms with Crippen LogP contribution in [-0.2, 0) is 4.74 Å². The maximum absolute atomic E-state index is 5.42. The van der Waals surface area contributed by atoms with Crippen LogP contribution in [0.5, 0.6) is 0 Å². The number of hydrogen-bond donors (Lipinski definition) is 1. The molecule has 2 atom stereocenters. The van der Waals surface area contributed by atoms with Crippen LogP contribution >= 0.6 is 0 Å². The number of hydrogen-bond acceptors (Lipinski definition) is 2. The van der Waals surface area contributed by atoms with Gasteiger partial charge < -0.3 is 10.1 Å². The highest BCUT2D eigenvalue weighted by Crippen LogP contribution is 2.24. The lowest BCUT2D eigenvalue weighted by molar-refractivity contribution is 0.0401. The Balaban J connectivity index is 1.68. The van der Waals surface area contributed by atoms with Crippen molar-refractivity contribution in [1.82, 2.24) is 5.32 Å². The standard InChI is InChI=1S/C12H21NO/c1-10-9-14-8-6-12(10)13-7-5-11-3-2-4-11/h5,10,12-13H,2-4,6-9H2,1H3. The predicted octanol–water partition coefficient (Wildman–Crippen LogP) is 2.11. The van der Waals surface area contributed by atoms with Crippen molar-refractivity contribution in [3.63, 3.8) is 0 Å². The molecule has 14 heavy (non-hydrogen) atoms. The normalized spacial score (nSPS) is 32.5. The molecule has 1 aliphatic heterocycles. The molecule has 0 aromatic rings. The second-order valence-electron chi connectivity index (χ2n) is 4.57. The zero-order valence-corrected chi connectivity index (χ0v) is 9.09. The zero-order chi connectivity index (χ0) is 9.80. The molecule has 0 spiro atoms. The summed E-state index contributed by atoms with van der Waals surface area (Å²) in [6, 6.07) is 0.667. The molecule has 1 aliphatic carbocycles. The van der Waals surface area contributed by atoms with Crippen LogP contribution in [-0.4, -0.2) is 25.8 Å². The molecule has 1 N–H and O–H groups in total. The molecular weight excluding hydrogens is 174 g/mol. The van der Waals surface area contributed by atoms with E-state index in [1.807, 2.05) is 0 Å². The summed E-state index contributed by atoms with van der Waals surface area (Å²) >= 11 is 0. The second-order valence-corrected chi connectivity index (χ2v) is 4.57. The van der Waals surface area contributed by atoms with Gasteiger partial charge >= 0.3 is 0 Å². The van der Waals surface area contributed by atoms with Gasteiger partial charge in [0, 0.05) is 19.2 Å². The molecule has 80 valence electrons. The third-order valence-corrected chi connectivity index (χ3v) is 3.41. The highest BCUT2D eigenvalue weighted by molar-refractivity contribution is 5.10. The first kappa shape index (κ1) is 10.2. The number of allylic oxidation sites excluding steroid dienone is 1. The summed E-state index contributed by atoms with van der Waals surface area (Å²) in [7, 11) is 0. The Morgan fingerprint density at radius 3 is 3.00 bits per heavy atom. The Bertz CT molecular complexity index is 206. The third kappa shape index (κ3) is 2.58. The number of ether oxygens (including phenoxy) is 1. The monoisotopic (exact) mass is 195 g/mol. The largest absolute Gasteiger partial charge is 0.381 e. The summed E-state index contributed by atoms with van der Waals surface area (Å²) in [6.45, 7) is 5.18. The highest BCUT2D eigenvalue weighted by Gasteiger charge is 2.20. The molecule has 0 aromatic carbocycles. The molecule has 2 unspecified atom stereocenters. The van der Waals surface area contributed by atoms with E-state index in [2.05, 4.69) is 18.3 Å². The molecule has 0 bridgehead atoms. The van der Waals surface area contributed by atoms with Crippen LogP contribution in [0.4, 0.5) is 0 Å². The van der Waals surface area contributed by atoms with E-state index >= 15 is 0 Å². The van der Waals surface area contributed by atoms with E-state index in [1.54, 1.807) is 5.57 Å². The van der Waals surface area contributed by atoms with Gasteiger partial charge in [-0.3, -0.25) is 0 Å². The SMILES string of the molecule is CC1COCCC1NCC=C1CCC1. The molecule has 2 aliphatic rings. The summed E-state index contributed by atoms with van der Waals surface area (Å²) in [5, 5.41) is 3.61. The van der Waals surface area contributed by atoms with E-state index in [9.17, 15) is 0 Å². The fourth-order valence-electron chi connectivity index (χ4n) is 2.12. The molecule has 2 fully saturated rings. The van der Waals surface area contributed by atoms with Gasteiger partial charge in [0.05, 0.1) is 6.61 Å². The molecule has 1 saturated carbocycles. The zero-order valence-electron chi connectivity index (χ0n) is 9.09. The first-order valence-corrected chi connectivity index (χ1v) is 5.85. The van der Waals surface area contributed by atoms with Crippen molar-refractivity contribution in [2.75, 3.05) is 19.8 Å². The maximum Gasteiger partial charge on any atom is 0.0506 e. The first-order chi connectivity index (χ1) is 6.86. The Labute approximate surface area is 86.7 Å². The Hall–Kier alpha value is -0.340. The van der Waals surface area contributed by atoms with Crippen molar-refractivity contribution in [3.05, 3.63) is 11.6 Å². The minimum atomic E-state index is 0.667. The summed E-state index contributed by atoms with van der Waals surface area (Å²) < 4.78 is 5.42. The fraction of sp³-hybridized carbons (Fsp3) is 0.833. The minimum absolute atomic E-state index is 0.667. The van der Waals surface area contributed by atoms with Gasteiger partial charge in [-0.15, -0.1) is 0 Å². The summed E-state index contributed by atoms with van der Waals surface area (Å²) in [6.07, 6.45) is 7.63. The minimum Gasteiger partial charge on any atom is -0.381 e. The molecule has 2 nitrogen and oxygen atoms in total. The van der Waals surface area contributed by atoms with Crippen molar-refractivity contribution < 1.29 is 4.74 Å². The van der Waals surface area contributed by atoms with Crippen molar-refractivity contribution in [2.45, 2.75) is 38.6 Å². The summed E-state index contributed by atoms with van der Waals surface area (Å²) in [5.41, 5.74) is 1.65. The van der Waals surface area contributed by atoms with Crippen LogP contribution < -0.4 is 5.32 Å². The van der Waals surface area contributed by atoms with Crippen LogP contribution in [0.3, 0.4) is 0 Å². The lowest BCUT2D eigenvalue weighted by Gasteiger charge is -2.29. The van der Waals surface area contributed by atoms with Crippen LogP contribution in [0, 0.1) is 5.92 Å². The molecule has 1 saturated heterocycles. The molecule has 1 heterocycles. The van der Waals surface area contributed by atoms with E-state index < -0.39 is 0 Å². The Morgan fingerprint density at radius 1 is 1.50 bits per heavy atom. The smallest absolute Gasteiger partial charge is 0.0506 e. The second kappa shape index (κ2) is 4.94. The first-order valence-electron chi connectivity index (χ1n) is 5.85. The van der Waals surface area contributed by atoms with Crippen molar-refractivity contribution in [2.24, 2.45) is 5.92 Å². The van der Waals surface area contributed by atoms with Gasteiger partial charge in [0.1, 0.15) is 0 Å². The van der Waals surface area contributed by atoms with Gasteiger partial charge in [0.25, 0.3) is 0 Å². The van der Waals surface area contributed by atoms with Gasteiger partial charge in [0.2, 0.25) is 0 Å². The molecular formula is C12H21NO. The average molecular weight is 195 g/mol. The van der Waals surface area contributed by atoms with Gasteiger partial charge in [-0.1, -0.05) is 18.6 Å². The molecule has 2 heteroatoms. The lowest BCUT2D eigenvalue weighted by atomic mass is 9.92. The van der Waals surface area contributed by atoms with Gasteiger partial charge in [0.15, 0.2) is 0 Å². The summed E-state index contributed by atoms with van der Waals surface area (Å²) in [4.78, 5) is 0. The fourth-order valence-corrected chi connectivity index (χ4v) is 2.12. The van der Waals surface area contributed by atoms with Crippen LogP contribution in [0.15, 0.2) is 11.6 Å². The summed E-state index contributed by atoms with van der Waals surface area (Å²) in [5.74, 6) is 0.670. The third-order valence-electron chi connectivity index (χ3n) is 3.41. The molecule has 2 rings (SSSR count). The van der Waals surface area contributed by atoms with Crippen molar-refractivity contribution in [3.8, 4) is 0 Å². The van der Waals surface area contributed by atoms with Crippen LogP contribution in [0.2, 0.25) is 0 Å². The van der Waals surface area contributed by atoms with Crippen molar-refractivity contribution in [1.29, 1.82) is 0 Å². The highest BCUT2D eigenvalue weighted by atomic mass is 16.5. The van der Waals surface area contributed by atoms with E-state index in [4.69, 9.17) is 4.74 Å². The number of nitrogens with one attached hydrogen (secondary N) is 1. The van der Waals surface area contributed by atoms with E-state index in [0.29, 0.717) is 12.0 Å². The van der Waals surface area contributed by atoms with E-state index in [-0.39, 0.29) is 0 Å². The lowest BCUT2D eigenvalue weighted by Crippen LogP contribution is -2.41. The molecule has 0 aromatic heterocycles. The van der Waals surface area contributed by atoms with Crippen LogP contribution in [0.1, 0.15) is 32.6 Å². The van der Waals surface area contributed by atoms with Crippen molar-refractivity contribution >= 4 is 0 Å². The van der Waals surface area contributed by atoms with Crippen LogP contribution in [0.25, 0.3) is 0 Å². The number of rotatable bonds is 3. The average Bonchev–Trinajstić information content (AvgIpc) is 2.12. The Kier molecular flexibility index (Phi) is 3.60. The molecule has 0 radical (unpaired) electrons. The quantitative estimate of drug-likeness (QED) is 0.696.